The molecule has 6 aromatic rings. The number of furan rings is 2. The summed E-state index contributed by atoms with van der Waals surface area (Å²) in [6.45, 7) is 13.3. The van der Waals surface area contributed by atoms with Crippen molar-refractivity contribution in [2.75, 3.05) is 0 Å². The fourth-order valence-corrected chi connectivity index (χ4v) is 5.34. The second-order valence-electron chi connectivity index (χ2n) is 11.1. The van der Waals surface area contributed by atoms with Crippen LogP contribution in [0.25, 0.3) is 55.1 Å². The second kappa shape index (κ2) is 7.67. The van der Waals surface area contributed by atoms with Crippen molar-refractivity contribution in [2.45, 2.75) is 53.4 Å². The van der Waals surface area contributed by atoms with Crippen molar-refractivity contribution in [2.24, 2.45) is 5.92 Å². The van der Waals surface area contributed by atoms with E-state index in [1.165, 1.54) is 21.9 Å². The van der Waals surface area contributed by atoms with E-state index >= 15 is 0 Å². The Labute approximate surface area is 205 Å². The smallest absolute Gasteiger partial charge is 0.231 e. The largest absolute Gasteiger partial charge is 0.457 e. The molecule has 0 N–H and O–H groups in total. The number of aryl methyl sites for hydroxylation is 1. The van der Waals surface area contributed by atoms with E-state index in [1.54, 1.807) is 6.33 Å². The minimum absolute atomic E-state index is 0.00903. The fraction of sp³-hybridized carbons (Fsp3) is 0.290. The van der Waals surface area contributed by atoms with E-state index in [0.717, 1.165) is 50.8 Å². The topological polar surface area (TPSA) is 52.1 Å². The quantitative estimate of drug-likeness (QED) is 0.264. The van der Waals surface area contributed by atoms with E-state index in [1.807, 2.05) is 6.92 Å². The Morgan fingerprint density at radius 3 is 2.37 bits per heavy atom. The molecule has 0 atom stereocenters. The predicted molar refractivity (Wildman–Crippen MR) is 144 cm³/mol. The van der Waals surface area contributed by atoms with Crippen LogP contribution in [0.4, 0.5) is 0 Å². The molecule has 0 bridgehead atoms. The van der Waals surface area contributed by atoms with Gasteiger partial charge in [-0.25, -0.2) is 9.97 Å². The second-order valence-corrected chi connectivity index (χ2v) is 11.1. The lowest BCUT2D eigenvalue weighted by Gasteiger charge is -2.22. The first-order valence-corrected chi connectivity index (χ1v) is 12.3. The Morgan fingerprint density at radius 1 is 0.857 bits per heavy atom. The van der Waals surface area contributed by atoms with Crippen molar-refractivity contribution >= 4 is 43.8 Å². The van der Waals surface area contributed by atoms with E-state index < -0.39 is 0 Å². The van der Waals surface area contributed by atoms with E-state index in [2.05, 4.69) is 88.1 Å². The van der Waals surface area contributed by atoms with Crippen LogP contribution in [-0.2, 0) is 11.8 Å². The van der Waals surface area contributed by atoms with Gasteiger partial charge in [0.25, 0.3) is 0 Å². The minimum atomic E-state index is -0.00903. The molecule has 3 aromatic carbocycles. The molecule has 0 amide bonds. The fourth-order valence-electron chi connectivity index (χ4n) is 5.34. The molecule has 4 heteroatoms. The zero-order valence-corrected chi connectivity index (χ0v) is 21.2. The zero-order valence-electron chi connectivity index (χ0n) is 21.2. The molecule has 3 heterocycles. The maximum Gasteiger partial charge on any atom is 0.231 e. The average molecular weight is 463 g/mol. The molecule has 0 saturated heterocycles. The molecule has 0 radical (unpaired) electrons. The Hall–Kier alpha value is -3.66. The van der Waals surface area contributed by atoms with Gasteiger partial charge < -0.3 is 8.83 Å². The van der Waals surface area contributed by atoms with Crippen molar-refractivity contribution in [1.29, 1.82) is 0 Å². The van der Waals surface area contributed by atoms with Gasteiger partial charge >= 0.3 is 0 Å². The van der Waals surface area contributed by atoms with Crippen molar-refractivity contribution in [3.63, 3.8) is 0 Å². The maximum atomic E-state index is 6.34. The molecule has 35 heavy (non-hydrogen) atoms. The van der Waals surface area contributed by atoms with Crippen LogP contribution < -0.4 is 0 Å². The van der Waals surface area contributed by atoms with Gasteiger partial charge in [-0.05, 0) is 65.3 Å². The monoisotopic (exact) mass is 462 g/mol. The molecule has 0 aliphatic heterocycles. The Bertz CT molecular complexity index is 1750. The van der Waals surface area contributed by atoms with Gasteiger partial charge in [0.15, 0.2) is 11.2 Å². The molecule has 6 rings (SSSR count). The highest BCUT2D eigenvalue weighted by molar-refractivity contribution is 6.17. The minimum Gasteiger partial charge on any atom is -0.457 e. The van der Waals surface area contributed by atoms with E-state index in [4.69, 9.17) is 13.8 Å². The van der Waals surface area contributed by atoms with Crippen LogP contribution in [0, 0.1) is 12.8 Å². The maximum absolute atomic E-state index is 6.34. The predicted octanol–water partition coefficient (Wildman–Crippen LogP) is 8.75. The lowest BCUT2D eigenvalue weighted by Crippen LogP contribution is -2.12. The molecule has 0 fully saturated rings. The van der Waals surface area contributed by atoms with Crippen LogP contribution in [0.5, 0.6) is 0 Å². The number of benzene rings is 3. The average Bonchev–Trinajstić information content (AvgIpc) is 3.35. The molecule has 3 aromatic heterocycles. The summed E-state index contributed by atoms with van der Waals surface area (Å²) in [5, 5.41) is 5.52. The molecule has 176 valence electrons. The van der Waals surface area contributed by atoms with Crippen LogP contribution in [-0.4, -0.2) is 9.97 Å². The molecular formula is C31H30N2O2. The lowest BCUT2D eigenvalue weighted by molar-refractivity contribution is 0.553. The normalized spacial score (nSPS) is 12.7. The molecule has 0 spiro atoms. The summed E-state index contributed by atoms with van der Waals surface area (Å²) in [6.07, 6.45) is 2.57. The van der Waals surface area contributed by atoms with Gasteiger partial charge in [-0.3, -0.25) is 0 Å². The molecule has 0 aliphatic rings. The van der Waals surface area contributed by atoms with Gasteiger partial charge in [0.2, 0.25) is 5.71 Å². The number of fused-ring (bicyclic) bond motifs is 6. The van der Waals surface area contributed by atoms with Crippen molar-refractivity contribution in [1.82, 2.24) is 9.97 Å². The van der Waals surface area contributed by atoms with Crippen molar-refractivity contribution in [3.05, 3.63) is 71.7 Å². The van der Waals surface area contributed by atoms with Crippen LogP contribution in [0.3, 0.4) is 0 Å². The summed E-state index contributed by atoms with van der Waals surface area (Å²) in [5.41, 5.74) is 6.63. The van der Waals surface area contributed by atoms with Gasteiger partial charge in [0.05, 0.1) is 11.1 Å². The van der Waals surface area contributed by atoms with Crippen molar-refractivity contribution < 1.29 is 8.83 Å². The summed E-state index contributed by atoms with van der Waals surface area (Å²) < 4.78 is 12.6. The van der Waals surface area contributed by atoms with Gasteiger partial charge in [-0.1, -0.05) is 58.9 Å². The molecular weight excluding hydrogens is 432 g/mol. The Kier molecular flexibility index (Phi) is 4.79. The highest BCUT2D eigenvalue weighted by Crippen LogP contribution is 2.42. The molecule has 0 aliphatic carbocycles. The van der Waals surface area contributed by atoms with Crippen LogP contribution in [0.2, 0.25) is 0 Å². The first-order chi connectivity index (χ1) is 16.7. The van der Waals surface area contributed by atoms with Crippen LogP contribution in [0.1, 0.15) is 51.5 Å². The van der Waals surface area contributed by atoms with Crippen LogP contribution >= 0.6 is 0 Å². The lowest BCUT2D eigenvalue weighted by atomic mass is 9.82. The molecule has 4 nitrogen and oxygen atoms in total. The number of hydrogen-bond acceptors (Lipinski definition) is 4. The third-order valence-electron chi connectivity index (χ3n) is 6.95. The van der Waals surface area contributed by atoms with E-state index in [0.29, 0.717) is 11.6 Å². The summed E-state index contributed by atoms with van der Waals surface area (Å²) in [7, 11) is 0. The van der Waals surface area contributed by atoms with Crippen molar-refractivity contribution in [3.8, 4) is 11.3 Å². The van der Waals surface area contributed by atoms with Gasteiger partial charge in [0.1, 0.15) is 12.1 Å². The van der Waals surface area contributed by atoms with Gasteiger partial charge in [-0.2, -0.15) is 0 Å². The SMILES string of the molecule is Cc1oc2c(ccc3c2oc2ncnc(-c4cc(C(C)(C)C)c5ccccc5c4)c23)c1CC(C)C. The Balaban J connectivity index is 1.66. The number of aromatic nitrogens is 2. The first kappa shape index (κ1) is 21.8. The third kappa shape index (κ3) is 3.43. The Morgan fingerprint density at radius 2 is 1.60 bits per heavy atom. The summed E-state index contributed by atoms with van der Waals surface area (Å²) >= 11 is 0. The number of rotatable bonds is 3. The van der Waals surface area contributed by atoms with E-state index in [9.17, 15) is 0 Å². The first-order valence-electron chi connectivity index (χ1n) is 12.3. The van der Waals surface area contributed by atoms with Gasteiger partial charge in [-0.15, -0.1) is 0 Å². The molecule has 0 unspecified atom stereocenters. The van der Waals surface area contributed by atoms with Gasteiger partial charge in [0, 0.05) is 21.9 Å². The summed E-state index contributed by atoms with van der Waals surface area (Å²) in [6, 6.07) is 17.4. The molecule has 0 saturated carbocycles. The highest BCUT2D eigenvalue weighted by atomic mass is 16.4. The highest BCUT2D eigenvalue weighted by Gasteiger charge is 2.23. The number of hydrogen-bond donors (Lipinski definition) is 0. The standard InChI is InChI=1S/C31H30N2O2/c1-17(2)13-24-18(3)34-28-22(24)11-12-23-26-27(32-16-33-30(26)35-29(23)28)20-14-19-9-7-8-10-21(19)25(15-20)31(4,5)6/h7-12,14-17H,13H2,1-6H3. The van der Waals surface area contributed by atoms with Crippen LogP contribution in [0.15, 0.2) is 63.7 Å². The third-order valence-corrected chi connectivity index (χ3v) is 6.95. The zero-order chi connectivity index (χ0) is 24.5. The number of nitrogens with zero attached hydrogens (tertiary/aromatic N) is 2. The van der Waals surface area contributed by atoms with E-state index in [-0.39, 0.29) is 5.41 Å². The summed E-state index contributed by atoms with van der Waals surface area (Å²) in [5.74, 6) is 1.50. The summed E-state index contributed by atoms with van der Waals surface area (Å²) in [4.78, 5) is 9.27.